The van der Waals surface area contributed by atoms with Crippen LogP contribution in [0.2, 0.25) is 0 Å². The topological polar surface area (TPSA) is 109 Å². The minimum Gasteiger partial charge on any atom is -0.481 e. The van der Waals surface area contributed by atoms with Crippen LogP contribution in [0, 0.1) is 6.92 Å². The van der Waals surface area contributed by atoms with Gasteiger partial charge in [0.1, 0.15) is 11.6 Å². The van der Waals surface area contributed by atoms with Crippen molar-refractivity contribution in [2.75, 3.05) is 0 Å². The average molecular weight is 371 g/mol. The SMILES string of the molecule is Cc1nc2n(n1)CCCC2NC(=O)NC(CCC(=O)O)Cc1ccccc1. The Morgan fingerprint density at radius 2 is 2.11 bits per heavy atom. The zero-order valence-electron chi connectivity index (χ0n) is 15.4. The van der Waals surface area contributed by atoms with Gasteiger partial charge in [0.25, 0.3) is 0 Å². The fourth-order valence-corrected chi connectivity index (χ4v) is 3.41. The van der Waals surface area contributed by atoms with E-state index in [1.54, 1.807) is 0 Å². The largest absolute Gasteiger partial charge is 0.481 e. The summed E-state index contributed by atoms with van der Waals surface area (Å²) in [7, 11) is 0. The predicted molar refractivity (Wildman–Crippen MR) is 99.2 cm³/mol. The first-order valence-corrected chi connectivity index (χ1v) is 9.25. The van der Waals surface area contributed by atoms with Crippen molar-refractivity contribution in [1.29, 1.82) is 0 Å². The molecule has 2 heterocycles. The Kier molecular flexibility index (Phi) is 6.05. The molecule has 8 heteroatoms. The molecule has 1 aromatic carbocycles. The van der Waals surface area contributed by atoms with Gasteiger partial charge in [-0.3, -0.25) is 4.79 Å². The smallest absolute Gasteiger partial charge is 0.315 e. The number of hydrogen-bond acceptors (Lipinski definition) is 4. The lowest BCUT2D eigenvalue weighted by Gasteiger charge is -2.25. The molecule has 27 heavy (non-hydrogen) atoms. The van der Waals surface area contributed by atoms with E-state index in [-0.39, 0.29) is 24.5 Å². The van der Waals surface area contributed by atoms with Crippen molar-refractivity contribution in [3.63, 3.8) is 0 Å². The van der Waals surface area contributed by atoms with Crippen LogP contribution in [-0.4, -0.2) is 37.9 Å². The Hall–Kier alpha value is -2.90. The molecule has 0 saturated carbocycles. The van der Waals surface area contributed by atoms with Crippen molar-refractivity contribution in [3.05, 3.63) is 47.5 Å². The molecule has 0 aliphatic carbocycles. The van der Waals surface area contributed by atoms with Crippen molar-refractivity contribution >= 4 is 12.0 Å². The highest BCUT2D eigenvalue weighted by atomic mass is 16.4. The first-order chi connectivity index (χ1) is 13.0. The minimum atomic E-state index is -0.869. The van der Waals surface area contributed by atoms with Gasteiger partial charge in [0, 0.05) is 19.0 Å². The van der Waals surface area contributed by atoms with Crippen LogP contribution in [0.1, 0.15) is 48.9 Å². The molecule has 0 saturated heterocycles. The van der Waals surface area contributed by atoms with E-state index in [9.17, 15) is 9.59 Å². The van der Waals surface area contributed by atoms with Crippen molar-refractivity contribution < 1.29 is 14.7 Å². The molecule has 3 rings (SSSR count). The third kappa shape index (κ3) is 5.29. The van der Waals surface area contributed by atoms with Gasteiger partial charge < -0.3 is 15.7 Å². The first-order valence-electron chi connectivity index (χ1n) is 9.25. The molecule has 1 aromatic heterocycles. The third-order valence-corrected chi connectivity index (χ3v) is 4.65. The van der Waals surface area contributed by atoms with E-state index in [1.807, 2.05) is 41.9 Å². The van der Waals surface area contributed by atoms with Crippen LogP contribution in [0.25, 0.3) is 0 Å². The number of benzene rings is 1. The van der Waals surface area contributed by atoms with E-state index in [1.165, 1.54) is 0 Å². The molecule has 3 N–H and O–H groups in total. The van der Waals surface area contributed by atoms with E-state index in [2.05, 4.69) is 20.7 Å². The molecular weight excluding hydrogens is 346 g/mol. The van der Waals surface area contributed by atoms with E-state index in [4.69, 9.17) is 5.11 Å². The lowest BCUT2D eigenvalue weighted by Crippen LogP contribution is -2.45. The number of amides is 2. The van der Waals surface area contributed by atoms with Crippen LogP contribution in [-0.2, 0) is 17.8 Å². The number of nitrogens with zero attached hydrogens (tertiary/aromatic N) is 3. The van der Waals surface area contributed by atoms with E-state index >= 15 is 0 Å². The minimum absolute atomic E-state index is 0.00866. The normalized spacial score (nSPS) is 17.0. The fraction of sp³-hybridized carbons (Fsp3) is 0.474. The lowest BCUT2D eigenvalue weighted by molar-refractivity contribution is -0.137. The number of aromatic nitrogens is 3. The highest BCUT2D eigenvalue weighted by Crippen LogP contribution is 2.22. The summed E-state index contributed by atoms with van der Waals surface area (Å²) in [5.41, 5.74) is 1.06. The van der Waals surface area contributed by atoms with Crippen molar-refractivity contribution in [2.24, 2.45) is 0 Å². The maximum Gasteiger partial charge on any atom is 0.315 e. The summed E-state index contributed by atoms with van der Waals surface area (Å²) in [6.45, 7) is 2.65. The van der Waals surface area contributed by atoms with Gasteiger partial charge in [0.2, 0.25) is 0 Å². The number of rotatable bonds is 7. The Morgan fingerprint density at radius 1 is 1.33 bits per heavy atom. The monoisotopic (exact) mass is 371 g/mol. The number of hydrogen-bond donors (Lipinski definition) is 3. The van der Waals surface area contributed by atoms with Crippen LogP contribution in [0.15, 0.2) is 30.3 Å². The molecule has 1 aliphatic heterocycles. The van der Waals surface area contributed by atoms with Gasteiger partial charge in [-0.05, 0) is 38.2 Å². The van der Waals surface area contributed by atoms with Gasteiger partial charge >= 0.3 is 12.0 Å². The summed E-state index contributed by atoms with van der Waals surface area (Å²) in [4.78, 5) is 27.9. The predicted octanol–water partition coefficient (Wildman–Crippen LogP) is 2.20. The summed E-state index contributed by atoms with van der Waals surface area (Å²) in [6, 6.07) is 8.99. The maximum absolute atomic E-state index is 12.5. The molecule has 2 atom stereocenters. The third-order valence-electron chi connectivity index (χ3n) is 4.65. The number of aliphatic carboxylic acids is 1. The number of carbonyl (C=O) groups excluding carboxylic acids is 1. The number of fused-ring (bicyclic) bond motifs is 1. The summed E-state index contributed by atoms with van der Waals surface area (Å²) in [6.07, 6.45) is 2.70. The van der Waals surface area contributed by atoms with Gasteiger partial charge in [-0.1, -0.05) is 30.3 Å². The molecule has 0 fully saturated rings. The molecular formula is C19H25N5O3. The van der Waals surface area contributed by atoms with E-state index in [0.717, 1.165) is 30.8 Å². The van der Waals surface area contributed by atoms with E-state index in [0.29, 0.717) is 18.7 Å². The van der Waals surface area contributed by atoms with Crippen molar-refractivity contribution in [3.8, 4) is 0 Å². The lowest BCUT2D eigenvalue weighted by atomic mass is 10.0. The summed E-state index contributed by atoms with van der Waals surface area (Å²) < 4.78 is 1.84. The fourth-order valence-electron chi connectivity index (χ4n) is 3.41. The highest BCUT2D eigenvalue weighted by molar-refractivity contribution is 5.75. The molecule has 0 bridgehead atoms. The second-order valence-electron chi connectivity index (χ2n) is 6.87. The standard InChI is InChI=1S/C19H25N5O3/c1-13-20-18-16(8-5-11-24(18)23-13)22-19(27)21-15(9-10-17(25)26)12-14-6-3-2-4-7-14/h2-4,6-7,15-16H,5,8-12H2,1H3,(H,25,26)(H2,21,22,27). The summed E-state index contributed by atoms with van der Waals surface area (Å²) in [5, 5.41) is 19.2. The van der Waals surface area contributed by atoms with Gasteiger partial charge in [-0.25, -0.2) is 14.5 Å². The van der Waals surface area contributed by atoms with Gasteiger partial charge in [0.15, 0.2) is 0 Å². The van der Waals surface area contributed by atoms with E-state index < -0.39 is 5.97 Å². The van der Waals surface area contributed by atoms with Crippen LogP contribution in [0.4, 0.5) is 4.79 Å². The molecule has 2 aromatic rings. The molecule has 1 aliphatic rings. The number of carboxylic acid groups (broad SMARTS) is 1. The molecule has 8 nitrogen and oxygen atoms in total. The highest BCUT2D eigenvalue weighted by Gasteiger charge is 2.26. The number of carbonyl (C=O) groups is 2. The Bertz CT molecular complexity index is 790. The van der Waals surface area contributed by atoms with Gasteiger partial charge in [-0.2, -0.15) is 5.10 Å². The van der Waals surface area contributed by atoms with Crippen LogP contribution in [0.5, 0.6) is 0 Å². The zero-order valence-corrected chi connectivity index (χ0v) is 15.4. The number of urea groups is 1. The first kappa shape index (κ1) is 18.9. The Morgan fingerprint density at radius 3 is 2.85 bits per heavy atom. The second-order valence-corrected chi connectivity index (χ2v) is 6.87. The van der Waals surface area contributed by atoms with Crippen molar-refractivity contribution in [1.82, 2.24) is 25.4 Å². The quantitative estimate of drug-likeness (QED) is 0.691. The average Bonchev–Trinajstić information content (AvgIpc) is 3.02. The second kappa shape index (κ2) is 8.66. The molecule has 0 radical (unpaired) electrons. The van der Waals surface area contributed by atoms with Crippen LogP contribution < -0.4 is 10.6 Å². The number of aryl methyl sites for hydroxylation is 2. The molecule has 0 spiro atoms. The van der Waals surface area contributed by atoms with Crippen molar-refractivity contribution in [2.45, 2.75) is 57.7 Å². The van der Waals surface area contributed by atoms with Crippen LogP contribution >= 0.6 is 0 Å². The van der Waals surface area contributed by atoms with Gasteiger partial charge in [0.05, 0.1) is 6.04 Å². The summed E-state index contributed by atoms with van der Waals surface area (Å²) in [5.74, 6) is 0.604. The number of carboxylic acids is 1. The Balaban J connectivity index is 1.62. The number of nitrogens with one attached hydrogen (secondary N) is 2. The van der Waals surface area contributed by atoms with Crippen LogP contribution in [0.3, 0.4) is 0 Å². The summed E-state index contributed by atoms with van der Waals surface area (Å²) >= 11 is 0. The van der Waals surface area contributed by atoms with Gasteiger partial charge in [-0.15, -0.1) is 0 Å². The molecule has 2 amide bonds. The Labute approximate surface area is 158 Å². The maximum atomic E-state index is 12.5. The molecule has 2 unspecified atom stereocenters. The zero-order chi connectivity index (χ0) is 19.2. The molecule has 144 valence electrons.